The van der Waals surface area contributed by atoms with Gasteiger partial charge in [0.05, 0.1) is 5.56 Å². The van der Waals surface area contributed by atoms with Crippen molar-refractivity contribution in [3.8, 4) is 11.5 Å². The molecule has 1 spiro atoms. The van der Waals surface area contributed by atoms with E-state index >= 15 is 0 Å². The number of carboxylic acids is 1. The van der Waals surface area contributed by atoms with Crippen molar-refractivity contribution >= 4 is 23.5 Å². The fourth-order valence-corrected chi connectivity index (χ4v) is 9.38. The number of amides is 1. The Morgan fingerprint density at radius 2 is 1.64 bits per heavy atom. The molecule has 9 nitrogen and oxygen atoms in total. The molecule has 5 fully saturated rings. The van der Waals surface area contributed by atoms with E-state index < -0.39 is 40.3 Å². The SMILES string of the molecule is O=C(NC1(C(=O)O)C2CC3CC(C2)CC1C3)c1cnc(N2CC3(CCOCC3)c3cc(Oc4ccccc4)ccc32)nc1C(F)(F)F. The second-order valence-electron chi connectivity index (χ2n) is 13.9. The first-order chi connectivity index (χ1) is 22.6. The Kier molecular flexibility index (Phi) is 7.02. The zero-order chi connectivity index (χ0) is 32.6. The number of fused-ring (bicyclic) bond motifs is 2. The maximum absolute atomic E-state index is 14.7. The number of rotatable bonds is 6. The van der Waals surface area contributed by atoms with Crippen molar-refractivity contribution in [1.29, 1.82) is 0 Å². The number of carboxylic acid groups (broad SMARTS) is 1. The van der Waals surface area contributed by atoms with Gasteiger partial charge in [-0.25, -0.2) is 14.8 Å². The molecule has 4 saturated carbocycles. The van der Waals surface area contributed by atoms with Gasteiger partial charge >= 0.3 is 12.1 Å². The van der Waals surface area contributed by atoms with Crippen LogP contribution in [0.5, 0.6) is 11.5 Å². The molecule has 246 valence electrons. The number of alkyl halides is 3. The molecule has 47 heavy (non-hydrogen) atoms. The van der Waals surface area contributed by atoms with Crippen molar-refractivity contribution in [3.05, 3.63) is 71.5 Å². The molecule has 12 heteroatoms. The van der Waals surface area contributed by atoms with Gasteiger partial charge in [0.15, 0.2) is 5.69 Å². The van der Waals surface area contributed by atoms with Crippen molar-refractivity contribution in [2.45, 2.75) is 62.1 Å². The molecular formula is C35H35F3N4O5. The number of nitrogens with one attached hydrogen (secondary N) is 1. The summed E-state index contributed by atoms with van der Waals surface area (Å²) in [7, 11) is 0. The smallest absolute Gasteiger partial charge is 0.434 e. The van der Waals surface area contributed by atoms with Crippen LogP contribution in [0.15, 0.2) is 54.7 Å². The second kappa shape index (κ2) is 10.9. The number of carbonyl (C=O) groups is 2. The molecule has 2 aliphatic heterocycles. The third kappa shape index (κ3) is 4.94. The number of para-hydroxylation sites is 1. The number of halogens is 3. The first kappa shape index (κ1) is 30.2. The minimum absolute atomic E-state index is 0.183. The number of aliphatic carboxylic acids is 1. The van der Waals surface area contributed by atoms with Gasteiger partial charge in [-0.05, 0) is 105 Å². The predicted octanol–water partition coefficient (Wildman–Crippen LogP) is 6.50. The maximum atomic E-state index is 14.7. The van der Waals surface area contributed by atoms with Gasteiger partial charge in [-0.2, -0.15) is 13.2 Å². The summed E-state index contributed by atoms with van der Waals surface area (Å²) in [6, 6.07) is 14.8. The highest BCUT2D eigenvalue weighted by atomic mass is 19.4. The van der Waals surface area contributed by atoms with Gasteiger partial charge in [-0.15, -0.1) is 0 Å². The Bertz CT molecular complexity index is 1700. The number of hydrogen-bond donors (Lipinski definition) is 2. The van der Waals surface area contributed by atoms with Crippen molar-refractivity contribution < 1.29 is 37.3 Å². The van der Waals surface area contributed by atoms with Gasteiger partial charge in [0, 0.05) is 37.1 Å². The molecule has 3 heterocycles. The highest BCUT2D eigenvalue weighted by molar-refractivity contribution is 5.99. The van der Waals surface area contributed by atoms with Crippen molar-refractivity contribution in [2.24, 2.45) is 23.7 Å². The van der Waals surface area contributed by atoms with Crippen LogP contribution in [0.2, 0.25) is 0 Å². The monoisotopic (exact) mass is 648 g/mol. The van der Waals surface area contributed by atoms with Gasteiger partial charge in [0.2, 0.25) is 5.95 Å². The molecule has 9 rings (SSSR count). The second-order valence-corrected chi connectivity index (χ2v) is 13.9. The first-order valence-electron chi connectivity index (χ1n) is 16.3. The molecule has 6 aliphatic rings. The van der Waals surface area contributed by atoms with E-state index in [4.69, 9.17) is 9.47 Å². The molecule has 2 aromatic carbocycles. The maximum Gasteiger partial charge on any atom is 0.434 e. The van der Waals surface area contributed by atoms with Crippen molar-refractivity contribution in [1.82, 2.24) is 15.3 Å². The van der Waals surface area contributed by atoms with E-state index in [1.807, 2.05) is 36.4 Å². The molecule has 4 aliphatic carbocycles. The molecule has 1 saturated heterocycles. The molecule has 0 radical (unpaired) electrons. The summed E-state index contributed by atoms with van der Waals surface area (Å²) in [5, 5.41) is 13.1. The molecule has 0 atom stereocenters. The molecule has 1 aromatic heterocycles. The van der Waals surface area contributed by atoms with E-state index in [9.17, 15) is 27.9 Å². The topological polar surface area (TPSA) is 114 Å². The third-order valence-electron chi connectivity index (χ3n) is 11.4. The van der Waals surface area contributed by atoms with Gasteiger partial charge in [0.25, 0.3) is 5.91 Å². The van der Waals surface area contributed by atoms with E-state index in [1.165, 1.54) is 0 Å². The quantitative estimate of drug-likeness (QED) is 0.312. The zero-order valence-corrected chi connectivity index (χ0v) is 25.6. The number of ether oxygens (including phenoxy) is 2. The van der Waals surface area contributed by atoms with Gasteiger partial charge in [-0.1, -0.05) is 18.2 Å². The third-order valence-corrected chi connectivity index (χ3v) is 11.4. The Hall–Kier alpha value is -4.19. The molecule has 4 bridgehead atoms. The number of carbonyl (C=O) groups excluding carboxylic acids is 1. The van der Waals surface area contributed by atoms with Gasteiger partial charge < -0.3 is 24.8 Å². The van der Waals surface area contributed by atoms with Crippen LogP contribution in [0, 0.1) is 23.7 Å². The average Bonchev–Trinajstić information content (AvgIpc) is 3.35. The summed E-state index contributed by atoms with van der Waals surface area (Å²) in [5.41, 5.74) is -2.61. The summed E-state index contributed by atoms with van der Waals surface area (Å²) in [6.45, 7) is 1.33. The highest BCUT2D eigenvalue weighted by Gasteiger charge is 2.62. The van der Waals surface area contributed by atoms with Crippen LogP contribution in [-0.4, -0.2) is 52.2 Å². The summed E-state index contributed by atoms with van der Waals surface area (Å²) >= 11 is 0. The van der Waals surface area contributed by atoms with Crippen LogP contribution in [0.3, 0.4) is 0 Å². The number of aromatic nitrogens is 2. The average molecular weight is 649 g/mol. The summed E-state index contributed by atoms with van der Waals surface area (Å²) in [4.78, 5) is 36.4. The summed E-state index contributed by atoms with van der Waals surface area (Å²) in [6.07, 6.45) is 0.879. The Morgan fingerprint density at radius 3 is 2.28 bits per heavy atom. The number of anilines is 2. The van der Waals surface area contributed by atoms with Crippen LogP contribution in [-0.2, 0) is 21.1 Å². The number of nitrogens with zero attached hydrogens (tertiary/aromatic N) is 3. The van der Waals surface area contributed by atoms with E-state index in [2.05, 4.69) is 15.3 Å². The predicted molar refractivity (Wildman–Crippen MR) is 164 cm³/mol. The summed E-state index contributed by atoms with van der Waals surface area (Å²) in [5.74, 6) is -1.04. The highest BCUT2D eigenvalue weighted by Crippen LogP contribution is 2.58. The minimum atomic E-state index is -4.99. The molecule has 2 N–H and O–H groups in total. The first-order valence-corrected chi connectivity index (χ1v) is 16.3. The molecule has 0 unspecified atom stereocenters. The van der Waals surface area contributed by atoms with E-state index in [1.54, 1.807) is 17.0 Å². The Morgan fingerprint density at radius 1 is 0.957 bits per heavy atom. The lowest BCUT2D eigenvalue weighted by Gasteiger charge is -2.59. The number of hydrogen-bond acceptors (Lipinski definition) is 7. The van der Waals surface area contributed by atoms with Gasteiger partial charge in [0.1, 0.15) is 17.0 Å². The van der Waals surface area contributed by atoms with Crippen LogP contribution in [0.1, 0.15) is 66.6 Å². The zero-order valence-electron chi connectivity index (χ0n) is 25.6. The largest absolute Gasteiger partial charge is 0.479 e. The lowest BCUT2D eigenvalue weighted by Crippen LogP contribution is -2.70. The van der Waals surface area contributed by atoms with E-state index in [0.29, 0.717) is 87.3 Å². The van der Waals surface area contributed by atoms with Crippen LogP contribution in [0.25, 0.3) is 0 Å². The van der Waals surface area contributed by atoms with Gasteiger partial charge in [-0.3, -0.25) is 4.79 Å². The lowest BCUT2D eigenvalue weighted by molar-refractivity contribution is -0.163. The summed E-state index contributed by atoms with van der Waals surface area (Å²) < 4.78 is 55.7. The normalized spacial score (nSPS) is 28.7. The van der Waals surface area contributed by atoms with Crippen LogP contribution < -0.4 is 15.0 Å². The molecule has 1 amide bonds. The Labute approximate surface area is 269 Å². The van der Waals surface area contributed by atoms with Crippen LogP contribution in [0.4, 0.5) is 24.8 Å². The number of benzene rings is 2. The fourth-order valence-electron chi connectivity index (χ4n) is 9.38. The van der Waals surface area contributed by atoms with Crippen molar-refractivity contribution in [3.63, 3.8) is 0 Å². The molecule has 3 aromatic rings. The van der Waals surface area contributed by atoms with E-state index in [-0.39, 0.29) is 17.8 Å². The fraction of sp³-hybridized carbons (Fsp3) is 0.486. The van der Waals surface area contributed by atoms with Crippen LogP contribution >= 0.6 is 0 Å². The van der Waals surface area contributed by atoms with Crippen molar-refractivity contribution in [2.75, 3.05) is 24.7 Å². The Balaban J connectivity index is 1.14. The molecular weight excluding hydrogens is 613 g/mol. The minimum Gasteiger partial charge on any atom is -0.479 e. The standard InChI is InChI=1S/C35H35F3N4O5/c36-35(37,38)29-26(30(43)41-34(31(44)45)22-13-20-12-21(15-22)16-23(34)14-20)18-39-32(40-29)42-19-33(8-10-46-11-9-33)27-17-25(6-7-28(27)42)47-24-4-2-1-3-5-24/h1-7,17-18,20-23H,8-16,19H2,(H,41,43)(H,44,45). The lowest BCUT2D eigenvalue weighted by atomic mass is 9.48. The van der Waals surface area contributed by atoms with E-state index in [0.717, 1.165) is 18.2 Å².